The van der Waals surface area contributed by atoms with Gasteiger partial charge in [0.25, 0.3) is 5.91 Å². The minimum atomic E-state index is -1.25. The summed E-state index contributed by atoms with van der Waals surface area (Å²) in [5.41, 5.74) is 0.157. The maximum atomic E-state index is 12.4. The van der Waals surface area contributed by atoms with Gasteiger partial charge in [-0.1, -0.05) is 18.2 Å². The number of imidazole rings is 1. The van der Waals surface area contributed by atoms with Gasteiger partial charge in [0.05, 0.1) is 12.4 Å². The second-order valence-electron chi connectivity index (χ2n) is 4.58. The van der Waals surface area contributed by atoms with E-state index in [1.807, 2.05) is 0 Å². The summed E-state index contributed by atoms with van der Waals surface area (Å²) in [5, 5.41) is 18.8. The van der Waals surface area contributed by atoms with Crippen LogP contribution in [0.5, 0.6) is 5.75 Å². The maximum absolute atomic E-state index is 12.4. The molecule has 7 heteroatoms. The fourth-order valence-electron chi connectivity index (χ4n) is 2.01. The molecule has 0 spiro atoms. The van der Waals surface area contributed by atoms with Crippen LogP contribution in [0.1, 0.15) is 39.5 Å². The lowest BCUT2D eigenvalue weighted by molar-refractivity contribution is 0.0664. The van der Waals surface area contributed by atoms with Gasteiger partial charge < -0.3 is 20.1 Å². The van der Waals surface area contributed by atoms with Crippen molar-refractivity contribution in [1.29, 1.82) is 0 Å². The lowest BCUT2D eigenvalue weighted by Gasteiger charge is -2.25. The van der Waals surface area contributed by atoms with E-state index in [0.717, 1.165) is 6.33 Å². The molecule has 110 valence electrons. The Kier molecular flexibility index (Phi) is 3.93. The van der Waals surface area contributed by atoms with Crippen molar-refractivity contribution in [2.75, 3.05) is 7.05 Å². The van der Waals surface area contributed by atoms with Crippen LogP contribution in [0.3, 0.4) is 0 Å². The highest BCUT2D eigenvalue weighted by molar-refractivity contribution is 6.02. The predicted molar refractivity (Wildman–Crippen MR) is 74.2 cm³/mol. The van der Waals surface area contributed by atoms with E-state index in [1.165, 1.54) is 18.0 Å². The molecule has 21 heavy (non-hydrogen) atoms. The number of H-pyrrole nitrogens is 1. The number of carbonyl (C=O) groups is 2. The number of carbonyl (C=O) groups excluding carboxylic acids is 1. The minimum Gasteiger partial charge on any atom is -0.508 e. The molecule has 0 saturated heterocycles. The van der Waals surface area contributed by atoms with E-state index >= 15 is 0 Å². The monoisotopic (exact) mass is 289 g/mol. The van der Waals surface area contributed by atoms with Crippen molar-refractivity contribution in [2.45, 2.75) is 13.0 Å². The smallest absolute Gasteiger partial charge is 0.354 e. The number of amides is 1. The molecule has 7 nitrogen and oxygen atoms in total. The van der Waals surface area contributed by atoms with Gasteiger partial charge in [-0.25, -0.2) is 9.78 Å². The minimum absolute atomic E-state index is 0.0742. The molecule has 0 aliphatic carbocycles. The lowest BCUT2D eigenvalue weighted by atomic mass is 10.1. The zero-order valence-electron chi connectivity index (χ0n) is 11.6. The fourth-order valence-corrected chi connectivity index (χ4v) is 2.01. The van der Waals surface area contributed by atoms with Gasteiger partial charge in [0.1, 0.15) is 5.75 Å². The van der Waals surface area contributed by atoms with E-state index in [0.29, 0.717) is 5.56 Å². The molecule has 1 aromatic carbocycles. The van der Waals surface area contributed by atoms with Gasteiger partial charge in [-0.3, -0.25) is 4.79 Å². The molecule has 0 saturated carbocycles. The number of nitrogens with one attached hydrogen (secondary N) is 1. The predicted octanol–water partition coefficient (Wildman–Crippen LogP) is 1.65. The molecule has 1 atom stereocenters. The lowest BCUT2D eigenvalue weighted by Crippen LogP contribution is -2.31. The largest absolute Gasteiger partial charge is 0.508 e. The van der Waals surface area contributed by atoms with Gasteiger partial charge in [0.15, 0.2) is 11.4 Å². The summed E-state index contributed by atoms with van der Waals surface area (Å²) in [6.07, 6.45) is 1.16. The van der Waals surface area contributed by atoms with Crippen LogP contribution in [0, 0.1) is 0 Å². The summed E-state index contributed by atoms with van der Waals surface area (Å²) < 4.78 is 0. The van der Waals surface area contributed by atoms with E-state index in [1.54, 1.807) is 25.1 Å². The van der Waals surface area contributed by atoms with Crippen molar-refractivity contribution in [3.63, 3.8) is 0 Å². The average molecular weight is 289 g/mol. The first-order valence-corrected chi connectivity index (χ1v) is 6.25. The summed E-state index contributed by atoms with van der Waals surface area (Å²) >= 11 is 0. The number of rotatable bonds is 4. The van der Waals surface area contributed by atoms with Crippen molar-refractivity contribution in [2.24, 2.45) is 0 Å². The molecule has 0 bridgehead atoms. The second kappa shape index (κ2) is 5.66. The van der Waals surface area contributed by atoms with Gasteiger partial charge in [-0.15, -0.1) is 0 Å². The third-order valence-electron chi connectivity index (χ3n) is 3.34. The van der Waals surface area contributed by atoms with Gasteiger partial charge in [0.2, 0.25) is 0 Å². The summed E-state index contributed by atoms with van der Waals surface area (Å²) in [6.45, 7) is 1.74. The third-order valence-corrected chi connectivity index (χ3v) is 3.34. The van der Waals surface area contributed by atoms with E-state index in [2.05, 4.69) is 9.97 Å². The highest BCUT2D eigenvalue weighted by Crippen LogP contribution is 2.28. The number of aromatic hydroxyl groups is 1. The molecule has 0 radical (unpaired) electrons. The molecule has 1 heterocycles. The number of hydrogen-bond acceptors (Lipinski definition) is 4. The van der Waals surface area contributed by atoms with E-state index in [9.17, 15) is 14.7 Å². The summed E-state index contributed by atoms with van der Waals surface area (Å²) in [5.74, 6) is -1.71. The van der Waals surface area contributed by atoms with Gasteiger partial charge >= 0.3 is 5.97 Å². The number of aromatic carboxylic acids is 1. The molecule has 1 unspecified atom stereocenters. The molecular weight excluding hydrogens is 274 g/mol. The fraction of sp³-hybridized carbons (Fsp3) is 0.214. The van der Waals surface area contributed by atoms with Crippen molar-refractivity contribution >= 4 is 11.9 Å². The maximum Gasteiger partial charge on any atom is 0.354 e. The van der Waals surface area contributed by atoms with Gasteiger partial charge in [0, 0.05) is 12.6 Å². The first-order chi connectivity index (χ1) is 9.93. The van der Waals surface area contributed by atoms with Crippen LogP contribution in [0.2, 0.25) is 0 Å². The molecule has 2 aromatic rings. The molecule has 1 aromatic heterocycles. The summed E-state index contributed by atoms with van der Waals surface area (Å²) in [7, 11) is 1.53. The molecular formula is C14H15N3O4. The van der Waals surface area contributed by atoms with E-state index in [-0.39, 0.29) is 17.1 Å². The number of carboxylic acids is 1. The number of aromatic nitrogens is 2. The van der Waals surface area contributed by atoms with Crippen molar-refractivity contribution in [3.8, 4) is 5.75 Å². The number of benzene rings is 1. The number of carboxylic acid groups (broad SMARTS) is 1. The van der Waals surface area contributed by atoms with Crippen LogP contribution in [-0.2, 0) is 0 Å². The molecule has 2 rings (SSSR count). The Labute approximate surface area is 120 Å². The Balaban J connectivity index is 2.29. The third kappa shape index (κ3) is 2.71. The van der Waals surface area contributed by atoms with E-state index < -0.39 is 17.9 Å². The van der Waals surface area contributed by atoms with Crippen LogP contribution in [-0.4, -0.2) is 44.0 Å². The van der Waals surface area contributed by atoms with Crippen molar-refractivity contribution in [3.05, 3.63) is 47.5 Å². The second-order valence-corrected chi connectivity index (χ2v) is 4.58. The van der Waals surface area contributed by atoms with Gasteiger partial charge in [-0.05, 0) is 13.0 Å². The van der Waals surface area contributed by atoms with Crippen LogP contribution in [0.4, 0.5) is 0 Å². The normalized spacial score (nSPS) is 11.9. The first-order valence-electron chi connectivity index (χ1n) is 6.25. The highest BCUT2D eigenvalue weighted by atomic mass is 16.4. The van der Waals surface area contributed by atoms with E-state index in [4.69, 9.17) is 5.11 Å². The highest BCUT2D eigenvalue weighted by Gasteiger charge is 2.26. The Hall–Kier alpha value is -2.83. The van der Waals surface area contributed by atoms with Crippen LogP contribution >= 0.6 is 0 Å². The number of aromatic amines is 1. The van der Waals surface area contributed by atoms with Crippen LogP contribution in [0.15, 0.2) is 30.6 Å². The zero-order chi connectivity index (χ0) is 15.6. The standard InChI is InChI=1S/C14H15N3O4/c1-8(9-5-3-4-6-10(9)18)17(2)13(19)11-12(14(20)21)16-7-15-11/h3-8,18H,1-2H3,(H,15,16)(H,20,21). The number of nitrogens with zero attached hydrogens (tertiary/aromatic N) is 2. The number of phenols is 1. The van der Waals surface area contributed by atoms with Crippen molar-refractivity contribution in [1.82, 2.24) is 14.9 Å². The Morgan fingerprint density at radius 3 is 2.62 bits per heavy atom. The van der Waals surface area contributed by atoms with Gasteiger partial charge in [-0.2, -0.15) is 0 Å². The Morgan fingerprint density at radius 2 is 2.00 bits per heavy atom. The van der Waals surface area contributed by atoms with Crippen molar-refractivity contribution < 1.29 is 19.8 Å². The Morgan fingerprint density at radius 1 is 1.33 bits per heavy atom. The molecule has 0 fully saturated rings. The summed E-state index contributed by atoms with van der Waals surface area (Å²) in [4.78, 5) is 30.9. The summed E-state index contributed by atoms with van der Waals surface area (Å²) in [6, 6.07) is 6.23. The van der Waals surface area contributed by atoms with Crippen LogP contribution in [0.25, 0.3) is 0 Å². The molecule has 1 amide bonds. The SMILES string of the molecule is CC(c1ccccc1O)N(C)C(=O)c1nc[nH]c1C(=O)O. The van der Waals surface area contributed by atoms with Crippen LogP contribution < -0.4 is 0 Å². The topological polar surface area (TPSA) is 107 Å². The quantitative estimate of drug-likeness (QED) is 0.793. The number of hydrogen-bond donors (Lipinski definition) is 3. The molecule has 0 aliphatic heterocycles. The molecule has 0 aliphatic rings. The Bertz CT molecular complexity index is 680. The average Bonchev–Trinajstić information content (AvgIpc) is 2.95. The number of phenolic OH excluding ortho intramolecular Hbond substituents is 1. The molecule has 3 N–H and O–H groups in total. The zero-order valence-corrected chi connectivity index (χ0v) is 11.6. The first kappa shape index (κ1) is 14.6. The number of para-hydroxylation sites is 1.